The lowest BCUT2D eigenvalue weighted by Gasteiger charge is -2.41. The minimum atomic E-state index is -3.78. The zero-order valence-electron chi connectivity index (χ0n) is 20.9. The summed E-state index contributed by atoms with van der Waals surface area (Å²) in [6.07, 6.45) is 1.94. The minimum absolute atomic E-state index is 0.0000349. The highest BCUT2D eigenvalue weighted by molar-refractivity contribution is 7.86. The van der Waals surface area contributed by atoms with E-state index in [1.54, 1.807) is 6.92 Å². The second-order valence-corrected chi connectivity index (χ2v) is 11.8. The van der Waals surface area contributed by atoms with E-state index in [0.717, 1.165) is 12.1 Å². The summed E-state index contributed by atoms with van der Waals surface area (Å²) in [5.41, 5.74) is 0.161. The first-order valence-corrected chi connectivity index (χ1v) is 13.9. The molecule has 0 bridgehead atoms. The molecular formula is C24H30F3N5O5S. The molecule has 3 aliphatic rings. The van der Waals surface area contributed by atoms with Gasteiger partial charge in [0.1, 0.15) is 17.6 Å². The maximum absolute atomic E-state index is 13.6. The summed E-state index contributed by atoms with van der Waals surface area (Å²) in [5, 5.41) is 11.7. The van der Waals surface area contributed by atoms with Gasteiger partial charge in [-0.1, -0.05) is 6.07 Å². The molecule has 0 radical (unpaired) electrons. The number of benzene rings is 1. The van der Waals surface area contributed by atoms with E-state index in [9.17, 15) is 31.2 Å². The van der Waals surface area contributed by atoms with Gasteiger partial charge in [-0.25, -0.2) is 4.39 Å². The fourth-order valence-electron chi connectivity index (χ4n) is 5.21. The molecule has 4 rings (SSSR count). The monoisotopic (exact) mass is 557 g/mol. The highest BCUT2D eigenvalue weighted by Gasteiger charge is 2.44. The number of alkyl halides is 2. The molecule has 10 nitrogen and oxygen atoms in total. The molecule has 3 heterocycles. The number of hydrogen-bond donors (Lipinski definition) is 1. The predicted molar refractivity (Wildman–Crippen MR) is 128 cm³/mol. The number of rotatable bonds is 8. The van der Waals surface area contributed by atoms with E-state index in [1.165, 1.54) is 19.6 Å². The lowest BCUT2D eigenvalue weighted by molar-refractivity contribution is -0.142. The molecule has 1 unspecified atom stereocenters. The molecule has 1 aromatic carbocycles. The molecule has 3 aliphatic heterocycles. The van der Waals surface area contributed by atoms with Crippen molar-refractivity contribution in [1.82, 2.24) is 18.8 Å². The van der Waals surface area contributed by atoms with Crippen molar-refractivity contribution in [3.63, 3.8) is 0 Å². The normalized spacial score (nSPS) is 24.1. The summed E-state index contributed by atoms with van der Waals surface area (Å²) >= 11 is 0. The first-order valence-electron chi connectivity index (χ1n) is 12.5. The fraction of sp³-hybridized carbons (Fsp3) is 0.625. The van der Waals surface area contributed by atoms with Gasteiger partial charge in [0, 0.05) is 44.4 Å². The number of carbonyl (C=O) groups excluding carboxylic acids is 2. The fourth-order valence-corrected chi connectivity index (χ4v) is 7.01. The Kier molecular flexibility index (Phi) is 8.49. The number of piperidine rings is 1. The molecule has 3 fully saturated rings. The summed E-state index contributed by atoms with van der Waals surface area (Å²) in [7, 11) is -3.78. The second kappa shape index (κ2) is 11.5. The Morgan fingerprint density at radius 2 is 1.84 bits per heavy atom. The van der Waals surface area contributed by atoms with Crippen LogP contribution in [-0.2, 0) is 19.8 Å². The molecule has 38 heavy (non-hydrogen) atoms. The van der Waals surface area contributed by atoms with Crippen molar-refractivity contribution in [3.05, 3.63) is 29.6 Å². The summed E-state index contributed by atoms with van der Waals surface area (Å²) in [4.78, 5) is 28.0. The van der Waals surface area contributed by atoms with E-state index >= 15 is 0 Å². The third-order valence-electron chi connectivity index (χ3n) is 7.27. The highest BCUT2D eigenvalue weighted by atomic mass is 32.2. The number of halogens is 3. The molecule has 0 aromatic heterocycles. The van der Waals surface area contributed by atoms with E-state index in [4.69, 9.17) is 5.26 Å². The van der Waals surface area contributed by atoms with Gasteiger partial charge in [0.15, 0.2) is 0 Å². The van der Waals surface area contributed by atoms with Crippen LogP contribution in [0, 0.1) is 29.0 Å². The number of hydrogen-bond acceptors (Lipinski definition) is 6. The predicted octanol–water partition coefficient (Wildman–Crippen LogP) is 2.01. The third-order valence-corrected chi connectivity index (χ3v) is 9.21. The minimum Gasteiger partial charge on any atom is -0.434 e. The van der Waals surface area contributed by atoms with Crippen molar-refractivity contribution < 1.29 is 35.9 Å². The van der Waals surface area contributed by atoms with E-state index in [-0.39, 0.29) is 49.3 Å². The van der Waals surface area contributed by atoms with Crippen LogP contribution in [0.2, 0.25) is 0 Å². The topological polar surface area (TPSA) is 123 Å². The van der Waals surface area contributed by atoms with Gasteiger partial charge >= 0.3 is 6.61 Å². The highest BCUT2D eigenvalue weighted by Crippen LogP contribution is 2.31. The van der Waals surface area contributed by atoms with Gasteiger partial charge in [-0.05, 0) is 38.7 Å². The number of ether oxygens (including phenoxy) is 1. The van der Waals surface area contributed by atoms with Gasteiger partial charge < -0.3 is 15.0 Å². The van der Waals surface area contributed by atoms with Crippen molar-refractivity contribution in [2.45, 2.75) is 51.3 Å². The Hall–Kier alpha value is -2.89. The maximum Gasteiger partial charge on any atom is 0.387 e. The van der Waals surface area contributed by atoms with Crippen molar-refractivity contribution >= 4 is 22.0 Å². The molecule has 1 N–H and O–H groups in total. The number of amides is 2. The van der Waals surface area contributed by atoms with Gasteiger partial charge in [-0.2, -0.15) is 31.1 Å². The van der Waals surface area contributed by atoms with Crippen molar-refractivity contribution in [1.29, 1.82) is 5.26 Å². The molecule has 3 atom stereocenters. The number of nitrogens with zero attached hydrogens (tertiary/aromatic N) is 4. The van der Waals surface area contributed by atoms with Gasteiger partial charge in [0.2, 0.25) is 11.8 Å². The largest absolute Gasteiger partial charge is 0.434 e. The Balaban J connectivity index is 1.40. The SMILES string of the molecule is CC(NC(=O)[C@H]1CCCN1C(=O)[C@H]1CCCN(S(=O)(=O)N2CC(C#N)C2)C1)c1ccc(F)cc1OC(F)F. The van der Waals surface area contributed by atoms with Crippen molar-refractivity contribution in [2.75, 3.05) is 32.7 Å². The van der Waals surface area contributed by atoms with Gasteiger partial charge in [-0.3, -0.25) is 9.59 Å². The first kappa shape index (κ1) is 28.1. The van der Waals surface area contributed by atoms with Crippen LogP contribution in [0.25, 0.3) is 0 Å². The van der Waals surface area contributed by atoms with Crippen LogP contribution in [0.3, 0.4) is 0 Å². The van der Waals surface area contributed by atoms with Crippen molar-refractivity contribution in [3.8, 4) is 11.8 Å². The lowest BCUT2D eigenvalue weighted by atomic mass is 9.97. The van der Waals surface area contributed by atoms with E-state index in [2.05, 4.69) is 10.1 Å². The summed E-state index contributed by atoms with van der Waals surface area (Å²) in [6, 6.07) is 3.58. The molecule has 3 saturated heterocycles. The number of carbonyl (C=O) groups is 2. The molecule has 14 heteroatoms. The van der Waals surface area contributed by atoms with Crippen LogP contribution in [0.15, 0.2) is 18.2 Å². The van der Waals surface area contributed by atoms with Gasteiger partial charge in [0.05, 0.1) is 23.9 Å². The zero-order chi connectivity index (χ0) is 27.6. The molecule has 2 amide bonds. The quantitative estimate of drug-likeness (QED) is 0.522. The first-order chi connectivity index (χ1) is 18.0. The summed E-state index contributed by atoms with van der Waals surface area (Å²) in [5.74, 6) is -2.89. The molecule has 208 valence electrons. The molecular weight excluding hydrogens is 527 g/mol. The molecule has 1 aromatic rings. The maximum atomic E-state index is 13.6. The standard InChI is InChI=1S/C24H30F3N5O5S/c1-15(19-7-6-18(25)10-21(19)37-24(26)27)29-22(33)20-5-3-9-32(20)23(34)17-4-2-8-30(14-17)38(35,36)31-12-16(11-28)13-31/h6-7,10,15-17,20,24H,2-5,8-9,12-14H2,1H3,(H,29,33)/t15?,17-,20+/m0/s1. The Morgan fingerprint density at radius 3 is 2.53 bits per heavy atom. The molecule has 0 aliphatic carbocycles. The van der Waals surface area contributed by atoms with Crippen LogP contribution in [0.5, 0.6) is 5.75 Å². The van der Waals surface area contributed by atoms with Crippen LogP contribution < -0.4 is 10.1 Å². The van der Waals surface area contributed by atoms with E-state index in [1.807, 2.05) is 6.07 Å². The smallest absolute Gasteiger partial charge is 0.387 e. The molecule has 0 saturated carbocycles. The average molecular weight is 558 g/mol. The average Bonchev–Trinajstić information content (AvgIpc) is 3.32. The second-order valence-electron chi connectivity index (χ2n) is 9.83. The van der Waals surface area contributed by atoms with Crippen LogP contribution in [0.1, 0.15) is 44.2 Å². The lowest BCUT2D eigenvalue weighted by Crippen LogP contribution is -2.57. The van der Waals surface area contributed by atoms with Gasteiger partial charge in [-0.15, -0.1) is 0 Å². The van der Waals surface area contributed by atoms with Crippen LogP contribution in [-0.4, -0.2) is 79.1 Å². The Bertz CT molecular complexity index is 1200. The zero-order valence-corrected chi connectivity index (χ0v) is 21.7. The molecule has 0 spiro atoms. The number of likely N-dealkylation sites (tertiary alicyclic amines) is 1. The third kappa shape index (κ3) is 5.89. The number of nitrogens with one attached hydrogen (secondary N) is 1. The van der Waals surface area contributed by atoms with Crippen LogP contribution >= 0.6 is 0 Å². The van der Waals surface area contributed by atoms with E-state index < -0.39 is 46.5 Å². The number of nitriles is 1. The Morgan fingerprint density at radius 1 is 1.13 bits per heavy atom. The van der Waals surface area contributed by atoms with Gasteiger partial charge in [0.25, 0.3) is 10.2 Å². The Labute approximate surface area is 219 Å². The summed E-state index contributed by atoms with van der Waals surface area (Å²) < 4.78 is 72.0. The van der Waals surface area contributed by atoms with E-state index in [0.29, 0.717) is 32.2 Å². The van der Waals surface area contributed by atoms with Crippen molar-refractivity contribution in [2.24, 2.45) is 11.8 Å². The van der Waals surface area contributed by atoms with Crippen LogP contribution in [0.4, 0.5) is 13.2 Å². The summed E-state index contributed by atoms with van der Waals surface area (Å²) in [6.45, 7) is -0.740.